The van der Waals surface area contributed by atoms with E-state index in [1.807, 2.05) is 26.0 Å². The lowest BCUT2D eigenvalue weighted by Crippen LogP contribution is -2.43. The van der Waals surface area contributed by atoms with Crippen LogP contribution in [0.1, 0.15) is 39.2 Å². The molecule has 1 atom stereocenters. The van der Waals surface area contributed by atoms with Gasteiger partial charge in [-0.2, -0.15) is 0 Å². The fourth-order valence-electron chi connectivity index (χ4n) is 3.61. The van der Waals surface area contributed by atoms with Crippen molar-refractivity contribution in [2.24, 2.45) is 4.99 Å². The second-order valence-electron chi connectivity index (χ2n) is 7.72. The second-order valence-corrected chi connectivity index (χ2v) is 7.72. The number of carbonyl (C=O) groups excluding carboxylic acids is 2. The van der Waals surface area contributed by atoms with Gasteiger partial charge in [0.1, 0.15) is 5.54 Å². The molecule has 0 aliphatic carbocycles. The highest BCUT2D eigenvalue weighted by Gasteiger charge is 2.45. The Morgan fingerprint density at radius 1 is 1.20 bits per heavy atom. The first-order valence-electron chi connectivity index (χ1n) is 10.7. The van der Waals surface area contributed by atoms with Gasteiger partial charge in [-0.3, -0.25) is 14.7 Å². The van der Waals surface area contributed by atoms with Gasteiger partial charge in [-0.05, 0) is 44.7 Å². The molecule has 1 aromatic carbocycles. The average molecular weight is 413 g/mol. The number of urea groups is 1. The molecule has 8 heteroatoms. The maximum atomic E-state index is 12.4. The van der Waals surface area contributed by atoms with Gasteiger partial charge in [-0.25, -0.2) is 4.79 Å². The molecular weight excluding hydrogens is 380 g/mol. The molecule has 0 bridgehead atoms. The molecule has 4 N–H and O–H groups in total. The summed E-state index contributed by atoms with van der Waals surface area (Å²) in [5.74, 6) is 0.593. The van der Waals surface area contributed by atoms with Crippen LogP contribution in [0.15, 0.2) is 35.5 Å². The number of hydrogen-bond acceptors (Lipinski definition) is 3. The largest absolute Gasteiger partial charge is 0.361 e. The van der Waals surface area contributed by atoms with Crippen molar-refractivity contribution in [2.45, 2.75) is 45.6 Å². The normalized spacial score (nSPS) is 19.4. The Hall–Kier alpha value is -3.03. The molecule has 1 aliphatic rings. The molecule has 2 heterocycles. The van der Waals surface area contributed by atoms with Gasteiger partial charge < -0.3 is 20.9 Å². The molecule has 1 fully saturated rings. The number of guanidine groups is 1. The number of nitrogens with zero attached hydrogens (tertiary/aromatic N) is 2. The monoisotopic (exact) mass is 412 g/mol. The molecule has 1 unspecified atom stereocenters. The molecule has 1 saturated heterocycles. The fourth-order valence-corrected chi connectivity index (χ4v) is 3.61. The van der Waals surface area contributed by atoms with E-state index in [-0.39, 0.29) is 11.9 Å². The molecular formula is C22H32N6O2. The zero-order chi connectivity index (χ0) is 21.6. The second kappa shape index (κ2) is 9.65. The third-order valence-corrected chi connectivity index (χ3v) is 5.57. The van der Waals surface area contributed by atoms with Gasteiger partial charge in [0, 0.05) is 43.3 Å². The van der Waals surface area contributed by atoms with Crippen LogP contribution in [0.25, 0.3) is 10.9 Å². The van der Waals surface area contributed by atoms with Crippen molar-refractivity contribution in [2.75, 3.05) is 26.2 Å². The molecule has 3 rings (SSSR count). The number of H-pyrrole nitrogens is 1. The lowest BCUT2D eigenvalue weighted by Gasteiger charge is -2.19. The van der Waals surface area contributed by atoms with Crippen molar-refractivity contribution in [3.8, 4) is 0 Å². The van der Waals surface area contributed by atoms with Gasteiger partial charge in [0.15, 0.2) is 5.96 Å². The number of fused-ring (bicyclic) bond motifs is 1. The molecule has 0 radical (unpaired) electrons. The zero-order valence-electron chi connectivity index (χ0n) is 18.0. The van der Waals surface area contributed by atoms with Gasteiger partial charge in [-0.1, -0.05) is 25.1 Å². The van der Waals surface area contributed by atoms with Gasteiger partial charge in [-0.15, -0.1) is 0 Å². The Balaban J connectivity index is 1.47. The lowest BCUT2D eigenvalue weighted by atomic mass is 9.99. The summed E-state index contributed by atoms with van der Waals surface area (Å²) < 4.78 is 0. The summed E-state index contributed by atoms with van der Waals surface area (Å²) in [6, 6.07) is 7.97. The number of benzene rings is 1. The highest BCUT2D eigenvalue weighted by Crippen LogP contribution is 2.21. The van der Waals surface area contributed by atoms with E-state index >= 15 is 0 Å². The summed E-state index contributed by atoms with van der Waals surface area (Å²) in [5, 5.41) is 10.6. The van der Waals surface area contributed by atoms with Crippen LogP contribution in [0.5, 0.6) is 0 Å². The van der Waals surface area contributed by atoms with Crippen molar-refractivity contribution in [3.05, 3.63) is 36.0 Å². The number of rotatable bonds is 9. The Kier molecular flexibility index (Phi) is 6.97. The van der Waals surface area contributed by atoms with E-state index in [1.165, 1.54) is 15.8 Å². The standard InChI is InChI=1S/C22H32N6O2/c1-4-22(3)19(29)28(21(30)27-22)14-8-12-24-20(23-5-2)25-13-11-16-15-26-18-10-7-6-9-17(16)18/h6-7,9-10,15,26H,4-5,8,11-14H2,1-3H3,(H,27,30)(H2,23,24,25). The Bertz CT molecular complexity index is 921. The number of aromatic amines is 1. The summed E-state index contributed by atoms with van der Waals surface area (Å²) in [6.45, 7) is 8.12. The first kappa shape index (κ1) is 21.7. The quantitative estimate of drug-likeness (QED) is 0.220. The van der Waals surface area contributed by atoms with Crippen LogP contribution >= 0.6 is 0 Å². The van der Waals surface area contributed by atoms with E-state index in [2.05, 4.69) is 44.3 Å². The summed E-state index contributed by atoms with van der Waals surface area (Å²) in [6.07, 6.45) is 4.14. The van der Waals surface area contributed by atoms with Gasteiger partial charge in [0.05, 0.1) is 0 Å². The molecule has 3 amide bonds. The zero-order valence-corrected chi connectivity index (χ0v) is 18.0. The number of aromatic nitrogens is 1. The predicted octanol–water partition coefficient (Wildman–Crippen LogP) is 2.38. The summed E-state index contributed by atoms with van der Waals surface area (Å²) >= 11 is 0. The predicted molar refractivity (Wildman–Crippen MR) is 120 cm³/mol. The topological polar surface area (TPSA) is 102 Å². The highest BCUT2D eigenvalue weighted by molar-refractivity contribution is 6.06. The fraction of sp³-hybridized carbons (Fsp3) is 0.500. The minimum absolute atomic E-state index is 0.150. The van der Waals surface area contributed by atoms with E-state index < -0.39 is 5.54 Å². The third-order valence-electron chi connectivity index (χ3n) is 5.57. The van der Waals surface area contributed by atoms with Crippen LogP contribution in [-0.4, -0.2) is 59.5 Å². The minimum Gasteiger partial charge on any atom is -0.361 e. The molecule has 1 aromatic heterocycles. The van der Waals surface area contributed by atoms with Crippen LogP contribution in [0, 0.1) is 0 Å². The van der Waals surface area contributed by atoms with Crippen molar-refractivity contribution in [3.63, 3.8) is 0 Å². The molecule has 1 aliphatic heterocycles. The van der Waals surface area contributed by atoms with Crippen LogP contribution < -0.4 is 16.0 Å². The van der Waals surface area contributed by atoms with Gasteiger partial charge in [0.25, 0.3) is 5.91 Å². The Morgan fingerprint density at radius 2 is 2.00 bits per heavy atom. The van der Waals surface area contributed by atoms with Crippen molar-refractivity contribution < 1.29 is 9.59 Å². The number of amides is 3. The van der Waals surface area contributed by atoms with Crippen LogP contribution in [0.4, 0.5) is 4.79 Å². The summed E-state index contributed by atoms with van der Waals surface area (Å²) in [7, 11) is 0. The SMILES string of the molecule is CCNC(=NCCCN1C(=O)NC(C)(CC)C1=O)NCCc1c[nH]c2ccccc12. The number of hydrogen-bond donors (Lipinski definition) is 4. The molecule has 8 nitrogen and oxygen atoms in total. The van der Waals surface area contributed by atoms with E-state index in [0.717, 1.165) is 31.0 Å². The lowest BCUT2D eigenvalue weighted by molar-refractivity contribution is -0.130. The van der Waals surface area contributed by atoms with Crippen molar-refractivity contribution in [1.29, 1.82) is 0 Å². The Morgan fingerprint density at radius 3 is 2.73 bits per heavy atom. The van der Waals surface area contributed by atoms with Crippen molar-refractivity contribution >= 4 is 28.8 Å². The molecule has 0 spiro atoms. The summed E-state index contributed by atoms with van der Waals surface area (Å²) in [5.41, 5.74) is 1.64. The highest BCUT2D eigenvalue weighted by atomic mass is 16.2. The smallest absolute Gasteiger partial charge is 0.325 e. The average Bonchev–Trinajstić information content (AvgIpc) is 3.25. The third kappa shape index (κ3) is 4.75. The number of aliphatic imine (C=N–C) groups is 1. The first-order chi connectivity index (χ1) is 14.5. The van der Waals surface area contributed by atoms with Crippen molar-refractivity contribution in [1.82, 2.24) is 25.8 Å². The van der Waals surface area contributed by atoms with Gasteiger partial charge >= 0.3 is 6.03 Å². The molecule has 162 valence electrons. The number of imide groups is 1. The van der Waals surface area contributed by atoms with Crippen LogP contribution in [0.3, 0.4) is 0 Å². The minimum atomic E-state index is -0.779. The summed E-state index contributed by atoms with van der Waals surface area (Å²) in [4.78, 5) is 33.7. The Labute approximate surface area is 177 Å². The first-order valence-corrected chi connectivity index (χ1v) is 10.7. The van der Waals surface area contributed by atoms with E-state index in [0.29, 0.717) is 25.9 Å². The van der Waals surface area contributed by atoms with E-state index in [4.69, 9.17) is 0 Å². The van der Waals surface area contributed by atoms with Gasteiger partial charge in [0.2, 0.25) is 0 Å². The maximum absolute atomic E-state index is 12.4. The molecule has 0 saturated carbocycles. The maximum Gasteiger partial charge on any atom is 0.325 e. The van der Waals surface area contributed by atoms with Crippen LogP contribution in [-0.2, 0) is 11.2 Å². The number of carbonyl (C=O) groups is 2. The number of nitrogens with one attached hydrogen (secondary N) is 4. The molecule has 2 aromatic rings. The number of para-hydroxylation sites is 1. The van der Waals surface area contributed by atoms with E-state index in [9.17, 15) is 9.59 Å². The van der Waals surface area contributed by atoms with Crippen LogP contribution in [0.2, 0.25) is 0 Å². The molecule has 30 heavy (non-hydrogen) atoms. The van der Waals surface area contributed by atoms with E-state index in [1.54, 1.807) is 6.92 Å².